The number of Topliss-reactive ketones (excluding diaryl/α,β-unsaturated/α-hetero) is 5. The third kappa shape index (κ3) is 62.7. The number of carboxylic acid groups (broad SMARTS) is 1. The number of carboxylic acids is 1. The van der Waals surface area contributed by atoms with Crippen molar-refractivity contribution in [2.45, 2.75) is 212 Å². The second-order valence-corrected chi connectivity index (χ2v) is 30.3. The van der Waals surface area contributed by atoms with Crippen molar-refractivity contribution in [1.29, 1.82) is 5.41 Å². The van der Waals surface area contributed by atoms with Gasteiger partial charge in [-0.25, -0.2) is 0 Å². The number of carbonyl (C=O) groups excluding carboxylic acids is 9. The molecule has 0 unspecified atom stereocenters. The van der Waals surface area contributed by atoms with E-state index in [0.29, 0.717) is 109 Å². The van der Waals surface area contributed by atoms with Gasteiger partial charge in [0.15, 0.2) is 17.3 Å². The molecule has 0 aliphatic carbocycles. The number of carbonyl (C=O) groups is 10. The summed E-state index contributed by atoms with van der Waals surface area (Å²) in [5, 5.41) is 41.4. The number of amidine groups is 1. The van der Waals surface area contributed by atoms with Crippen LogP contribution in [0, 0.1) is 23.2 Å². The molecule has 642 valence electrons. The number of aliphatic carboxylic acids is 1. The molecule has 0 aliphatic heterocycles. The number of hydrogen-bond acceptors (Lipinski definition) is 25. The number of aromatic hydroxyl groups is 1. The Morgan fingerprint density at radius 2 is 0.973 bits per heavy atom. The highest BCUT2D eigenvalue weighted by atomic mass is 32.2. The molecule has 0 radical (unpaired) electrons. The molecular weight excluding hydrogens is 1470 g/mol. The summed E-state index contributed by atoms with van der Waals surface area (Å²) in [7, 11) is -2.19. The summed E-state index contributed by atoms with van der Waals surface area (Å²) in [4.78, 5) is 128. The average Bonchev–Trinajstić information content (AvgIpc) is 0.877. The number of benzene rings is 1. The molecule has 0 saturated heterocycles. The smallest absolute Gasteiger partial charge is 0.306 e. The maximum absolute atomic E-state index is 14.0. The molecule has 0 bridgehead atoms. The van der Waals surface area contributed by atoms with E-state index in [1.54, 1.807) is 24.1 Å². The van der Waals surface area contributed by atoms with Crippen LogP contribution in [-0.4, -0.2) is 262 Å². The van der Waals surface area contributed by atoms with Crippen LogP contribution in [0.4, 0.5) is 0 Å². The number of amides is 4. The largest absolute Gasteiger partial charge is 0.508 e. The van der Waals surface area contributed by atoms with E-state index in [0.717, 1.165) is 82.6 Å². The first-order chi connectivity index (χ1) is 53.6. The van der Waals surface area contributed by atoms with Gasteiger partial charge in [0.05, 0.1) is 122 Å². The number of ether oxygens (including phenoxy) is 8. The van der Waals surface area contributed by atoms with Crippen molar-refractivity contribution >= 4 is 74.5 Å². The maximum atomic E-state index is 14.0. The summed E-state index contributed by atoms with van der Waals surface area (Å²) in [5.74, 6) is -5.12. The quantitative estimate of drug-likeness (QED) is 0.0158. The number of ketones is 5. The molecule has 32 nitrogen and oxygen atoms in total. The number of likely N-dealkylation sites (N-methyl/N-ethyl adjacent to an activating group) is 1. The fourth-order valence-corrected chi connectivity index (χ4v) is 12.4. The van der Waals surface area contributed by atoms with Gasteiger partial charge in [0.25, 0.3) is 10.1 Å². The summed E-state index contributed by atoms with van der Waals surface area (Å²) >= 11 is 0. The fourth-order valence-electron chi connectivity index (χ4n) is 11.8. The summed E-state index contributed by atoms with van der Waals surface area (Å²) in [6.07, 6.45) is 17.4. The Bertz CT molecular complexity index is 2930. The van der Waals surface area contributed by atoms with Crippen LogP contribution in [0.2, 0.25) is 0 Å². The second kappa shape index (κ2) is 67.6. The van der Waals surface area contributed by atoms with Crippen molar-refractivity contribution in [3.63, 3.8) is 0 Å². The SMILES string of the molecule is C=C(COCCOCCNC(=O)CC[C@H](CC(=O)CCCCCCCCCCCCCCCS(=O)(=O)O)C(=O)O)NCCOCCOCC(=O)NCCOCCOCC(=O)CCCOCCOCC(=O)NCCCC[C@H](NCC(=O)CC(C)C)C(=O)CN(C)[C@@H](CCCCC(=N)N)C(=O)C[C@@H](Cc1ccc(O)cc1)C(N)=O. The molecule has 33 heteroatoms. The van der Waals surface area contributed by atoms with Gasteiger partial charge in [-0.05, 0) is 94.9 Å². The Hall–Kier alpha value is -6.76. The van der Waals surface area contributed by atoms with Gasteiger partial charge in [-0.3, -0.25) is 62.8 Å². The first-order valence-corrected chi connectivity index (χ1v) is 41.7. The zero-order chi connectivity index (χ0) is 82.8. The van der Waals surface area contributed by atoms with Crippen molar-refractivity contribution in [3.05, 3.63) is 42.1 Å². The number of phenols is 1. The van der Waals surface area contributed by atoms with Crippen molar-refractivity contribution in [1.82, 2.24) is 31.5 Å². The Morgan fingerprint density at radius 3 is 1.52 bits per heavy atom. The zero-order valence-corrected chi connectivity index (χ0v) is 68.0. The summed E-state index contributed by atoms with van der Waals surface area (Å²) in [6.45, 7) is 11.8. The molecule has 0 aromatic heterocycles. The third-order valence-corrected chi connectivity index (χ3v) is 18.8. The molecule has 112 heavy (non-hydrogen) atoms. The van der Waals surface area contributed by atoms with Gasteiger partial charge in [0.2, 0.25) is 23.6 Å². The number of hydrogen-bond donors (Lipinski definition) is 11. The molecule has 1 aromatic rings. The predicted molar refractivity (Wildman–Crippen MR) is 424 cm³/mol. The maximum Gasteiger partial charge on any atom is 0.306 e. The average molecular weight is 1610 g/mol. The summed E-state index contributed by atoms with van der Waals surface area (Å²) < 4.78 is 74.1. The molecule has 0 saturated carbocycles. The zero-order valence-electron chi connectivity index (χ0n) is 67.2. The van der Waals surface area contributed by atoms with Crippen LogP contribution < -0.4 is 38.1 Å². The molecular formula is C79H137N9O23S. The van der Waals surface area contributed by atoms with E-state index in [2.05, 4.69) is 33.2 Å². The molecule has 1 rings (SSSR count). The van der Waals surface area contributed by atoms with Crippen LogP contribution in [-0.2, 0) is 102 Å². The van der Waals surface area contributed by atoms with Crippen LogP contribution >= 0.6 is 0 Å². The Labute approximate surface area is 664 Å². The van der Waals surface area contributed by atoms with Gasteiger partial charge < -0.3 is 86.2 Å². The van der Waals surface area contributed by atoms with E-state index < -0.39 is 45.9 Å². The normalized spacial score (nSPS) is 12.6. The fraction of sp³-hybridized carbons (Fsp3) is 0.759. The second-order valence-electron chi connectivity index (χ2n) is 28.7. The van der Waals surface area contributed by atoms with E-state index in [4.69, 9.17) is 59.3 Å². The molecule has 13 N–H and O–H groups in total. The summed E-state index contributed by atoms with van der Waals surface area (Å²) in [5.41, 5.74) is 12.7. The number of nitrogens with zero attached hydrogens (tertiary/aromatic N) is 1. The summed E-state index contributed by atoms with van der Waals surface area (Å²) in [6, 6.07) is 4.82. The lowest BCUT2D eigenvalue weighted by Gasteiger charge is -2.29. The molecule has 0 heterocycles. The Kier molecular flexibility index (Phi) is 62.3. The molecule has 0 aliphatic rings. The van der Waals surface area contributed by atoms with Crippen LogP contribution in [0.1, 0.15) is 199 Å². The molecule has 0 fully saturated rings. The minimum absolute atomic E-state index is 0.0111. The predicted octanol–water partition coefficient (Wildman–Crippen LogP) is 5.83. The first-order valence-electron chi connectivity index (χ1n) is 40.1. The highest BCUT2D eigenvalue weighted by molar-refractivity contribution is 7.85. The minimum Gasteiger partial charge on any atom is -0.508 e. The molecule has 1 aromatic carbocycles. The van der Waals surface area contributed by atoms with Crippen molar-refractivity contribution in [2.24, 2.45) is 29.2 Å². The standard InChI is InChI=1S/C79H137N9O23S/c1-61(2)51-69(92)55-87-70(73(94)56-88(4)71(26-17-18-27-74(80)81)72(93)54-65(78(82)98)52-63-28-31-66(89)32-29-63)25-19-20-34-84-76(96)59-110-48-42-104-38-22-24-68(91)58-109-47-44-107-41-37-86-77(97)60-111-49-45-105-39-35-83-62(3)57-108-46-43-106-40-36-85-75(95)33-30-64(79(99)100)53-67(90)23-16-14-12-10-8-6-5-7-9-11-13-15-21-50-112(101,102)103/h28-29,31-32,61,64-65,70-71,83,87,89H,3,5-27,30,33-60H2,1-2,4H3,(H3,80,81)(H2,82,98)(H,84,96)(H,85,95)(H,86,97)(H,99,100)(H,101,102,103)/t64-,65-,70+,71+/m1/s1. The van der Waals surface area contributed by atoms with Crippen LogP contribution in [0.25, 0.3) is 0 Å². The monoisotopic (exact) mass is 1610 g/mol. The number of rotatable bonds is 81. The van der Waals surface area contributed by atoms with E-state index in [-0.39, 0.29) is 220 Å². The van der Waals surface area contributed by atoms with Gasteiger partial charge in [0, 0.05) is 89.3 Å². The topological polar surface area (TPSA) is 479 Å². The van der Waals surface area contributed by atoms with Crippen molar-refractivity contribution in [3.8, 4) is 5.75 Å². The van der Waals surface area contributed by atoms with E-state index >= 15 is 0 Å². The van der Waals surface area contributed by atoms with E-state index in [9.17, 15) is 66.6 Å². The Morgan fingerprint density at radius 1 is 0.491 bits per heavy atom. The minimum atomic E-state index is -3.86. The lowest BCUT2D eigenvalue weighted by atomic mass is 9.89. The van der Waals surface area contributed by atoms with Crippen LogP contribution in [0.5, 0.6) is 5.75 Å². The van der Waals surface area contributed by atoms with Crippen molar-refractivity contribution in [2.75, 3.05) is 158 Å². The molecule has 4 amide bonds. The van der Waals surface area contributed by atoms with Gasteiger partial charge in [0.1, 0.15) is 37.1 Å². The van der Waals surface area contributed by atoms with Gasteiger partial charge in [-0.15, -0.1) is 0 Å². The van der Waals surface area contributed by atoms with Crippen LogP contribution in [0.15, 0.2) is 36.5 Å². The van der Waals surface area contributed by atoms with E-state index in [1.807, 2.05) is 13.8 Å². The highest BCUT2D eigenvalue weighted by Gasteiger charge is 2.31. The lowest BCUT2D eigenvalue weighted by molar-refractivity contribution is -0.144. The van der Waals surface area contributed by atoms with Gasteiger partial charge in [-0.1, -0.05) is 110 Å². The van der Waals surface area contributed by atoms with Crippen LogP contribution in [0.3, 0.4) is 0 Å². The first kappa shape index (κ1) is 103. The highest BCUT2D eigenvalue weighted by Crippen LogP contribution is 2.22. The number of primary amides is 1. The number of nitrogens with two attached hydrogens (primary N) is 2. The van der Waals surface area contributed by atoms with Crippen molar-refractivity contribution < 1.29 is 109 Å². The van der Waals surface area contributed by atoms with Gasteiger partial charge >= 0.3 is 5.97 Å². The lowest BCUT2D eigenvalue weighted by Crippen LogP contribution is -2.48. The number of phenolic OH excluding ortho intramolecular Hbond substituents is 1. The Balaban J connectivity index is 2.08. The number of unbranched alkanes of at least 4 members (excludes halogenated alkanes) is 14. The number of nitrogens with one attached hydrogen (secondary N) is 6. The molecule has 4 atom stereocenters. The molecule has 0 spiro atoms. The van der Waals surface area contributed by atoms with Gasteiger partial charge in [-0.2, -0.15) is 8.42 Å². The van der Waals surface area contributed by atoms with E-state index in [1.165, 1.54) is 12.1 Å². The third-order valence-electron chi connectivity index (χ3n) is 18.0.